The summed E-state index contributed by atoms with van der Waals surface area (Å²) in [4.78, 5) is 11.1. The van der Waals surface area contributed by atoms with Crippen LogP contribution < -0.4 is 11.1 Å². The number of amides is 1. The topological polar surface area (TPSA) is 55.1 Å². The fourth-order valence-corrected chi connectivity index (χ4v) is 1.99. The molecule has 2 unspecified atom stereocenters. The molecule has 1 saturated heterocycles. The third-order valence-corrected chi connectivity index (χ3v) is 2.76. The predicted molar refractivity (Wildman–Crippen MR) is 48.5 cm³/mol. The maximum atomic E-state index is 11.1. The van der Waals surface area contributed by atoms with Gasteiger partial charge < -0.3 is 11.1 Å². The Morgan fingerprint density at radius 1 is 1.58 bits per heavy atom. The van der Waals surface area contributed by atoms with Gasteiger partial charge in [-0.05, 0) is 24.8 Å². The Morgan fingerprint density at radius 3 is 2.67 bits per heavy atom. The molecule has 1 aliphatic heterocycles. The maximum absolute atomic E-state index is 11.1. The molecule has 1 fully saturated rings. The molecule has 1 heterocycles. The highest BCUT2D eigenvalue weighted by Gasteiger charge is 2.30. The first kappa shape index (κ1) is 9.52. The summed E-state index contributed by atoms with van der Waals surface area (Å²) in [6, 6.07) is 0. The van der Waals surface area contributed by atoms with Gasteiger partial charge in [-0.2, -0.15) is 0 Å². The van der Waals surface area contributed by atoms with Crippen molar-refractivity contribution in [2.45, 2.75) is 20.3 Å². The van der Waals surface area contributed by atoms with E-state index in [9.17, 15) is 4.79 Å². The average molecular weight is 170 g/mol. The lowest BCUT2D eigenvalue weighted by molar-refractivity contribution is -0.124. The number of piperidine rings is 1. The van der Waals surface area contributed by atoms with Crippen molar-refractivity contribution in [2.24, 2.45) is 23.5 Å². The number of nitrogens with one attached hydrogen (secondary N) is 1. The predicted octanol–water partition coefficient (Wildman–Crippen LogP) is 0.353. The van der Waals surface area contributed by atoms with E-state index in [1.165, 1.54) is 0 Å². The minimum absolute atomic E-state index is 0.0405. The molecule has 0 saturated carbocycles. The number of hydrogen-bond acceptors (Lipinski definition) is 2. The van der Waals surface area contributed by atoms with Gasteiger partial charge in [0.2, 0.25) is 5.91 Å². The molecular formula is C9H18N2O. The lowest BCUT2D eigenvalue weighted by Gasteiger charge is -2.32. The number of nitrogens with two attached hydrogens (primary N) is 1. The third-order valence-electron chi connectivity index (χ3n) is 2.76. The van der Waals surface area contributed by atoms with Crippen LogP contribution >= 0.6 is 0 Å². The Kier molecular flexibility index (Phi) is 3.09. The summed E-state index contributed by atoms with van der Waals surface area (Å²) < 4.78 is 0. The van der Waals surface area contributed by atoms with E-state index in [0.29, 0.717) is 11.8 Å². The smallest absolute Gasteiger partial charge is 0.222 e. The van der Waals surface area contributed by atoms with E-state index in [0.717, 1.165) is 19.5 Å². The highest BCUT2D eigenvalue weighted by molar-refractivity contribution is 5.77. The minimum atomic E-state index is -0.152. The molecule has 0 aromatic carbocycles. The molecule has 3 N–H and O–H groups in total. The molecule has 0 aromatic heterocycles. The van der Waals surface area contributed by atoms with Crippen LogP contribution in [0.1, 0.15) is 20.3 Å². The molecule has 1 rings (SSSR count). The highest BCUT2D eigenvalue weighted by atomic mass is 16.1. The fraction of sp³-hybridized carbons (Fsp3) is 0.889. The molecule has 0 radical (unpaired) electrons. The minimum Gasteiger partial charge on any atom is -0.369 e. The van der Waals surface area contributed by atoms with Crippen LogP contribution in [-0.2, 0) is 4.79 Å². The Labute approximate surface area is 73.7 Å². The molecule has 1 aliphatic rings. The van der Waals surface area contributed by atoms with E-state index >= 15 is 0 Å². The van der Waals surface area contributed by atoms with Gasteiger partial charge in [-0.3, -0.25) is 4.79 Å². The first-order valence-electron chi connectivity index (χ1n) is 4.63. The van der Waals surface area contributed by atoms with Gasteiger partial charge in [-0.15, -0.1) is 0 Å². The lowest BCUT2D eigenvalue weighted by Crippen LogP contribution is -2.45. The summed E-state index contributed by atoms with van der Waals surface area (Å²) in [7, 11) is 0. The van der Waals surface area contributed by atoms with Crippen LogP contribution in [0, 0.1) is 17.8 Å². The van der Waals surface area contributed by atoms with Crippen LogP contribution in [0.2, 0.25) is 0 Å². The Balaban J connectivity index is 2.60. The normalized spacial score (nSPS) is 30.6. The van der Waals surface area contributed by atoms with Crippen LogP contribution in [0.15, 0.2) is 0 Å². The van der Waals surface area contributed by atoms with Crippen molar-refractivity contribution in [3.8, 4) is 0 Å². The number of carbonyl (C=O) groups is 1. The van der Waals surface area contributed by atoms with Crippen molar-refractivity contribution in [3.05, 3.63) is 0 Å². The van der Waals surface area contributed by atoms with Crippen LogP contribution in [0.4, 0.5) is 0 Å². The van der Waals surface area contributed by atoms with Crippen LogP contribution in [-0.4, -0.2) is 19.0 Å². The molecule has 2 atom stereocenters. The first-order chi connectivity index (χ1) is 5.63. The van der Waals surface area contributed by atoms with Gasteiger partial charge in [0.15, 0.2) is 0 Å². The third kappa shape index (κ3) is 1.97. The van der Waals surface area contributed by atoms with Gasteiger partial charge in [-0.1, -0.05) is 13.8 Å². The second kappa shape index (κ2) is 3.90. The summed E-state index contributed by atoms with van der Waals surface area (Å²) >= 11 is 0. The SMILES string of the molecule is CC(C)C1CCNCC1C(N)=O. The molecule has 0 aliphatic carbocycles. The molecule has 12 heavy (non-hydrogen) atoms. The average Bonchev–Trinajstić information content (AvgIpc) is 2.04. The van der Waals surface area contributed by atoms with Gasteiger partial charge in [-0.25, -0.2) is 0 Å². The zero-order chi connectivity index (χ0) is 9.14. The van der Waals surface area contributed by atoms with Gasteiger partial charge in [0.25, 0.3) is 0 Å². The Morgan fingerprint density at radius 2 is 2.25 bits per heavy atom. The van der Waals surface area contributed by atoms with E-state index in [4.69, 9.17) is 5.73 Å². The molecule has 3 nitrogen and oxygen atoms in total. The molecule has 0 aromatic rings. The number of rotatable bonds is 2. The second-order valence-electron chi connectivity index (χ2n) is 3.91. The van der Waals surface area contributed by atoms with Crippen LogP contribution in [0.5, 0.6) is 0 Å². The van der Waals surface area contributed by atoms with Crippen molar-refractivity contribution in [3.63, 3.8) is 0 Å². The molecule has 1 amide bonds. The van der Waals surface area contributed by atoms with Gasteiger partial charge in [0.05, 0.1) is 5.92 Å². The zero-order valence-corrected chi connectivity index (χ0v) is 7.84. The largest absolute Gasteiger partial charge is 0.369 e. The summed E-state index contributed by atoms with van der Waals surface area (Å²) in [6.45, 7) is 6.10. The monoisotopic (exact) mass is 170 g/mol. The fourth-order valence-electron chi connectivity index (χ4n) is 1.99. The number of carbonyl (C=O) groups excluding carboxylic acids is 1. The molecule has 0 spiro atoms. The summed E-state index contributed by atoms with van der Waals surface area (Å²) in [5.41, 5.74) is 5.32. The van der Waals surface area contributed by atoms with Crippen molar-refractivity contribution in [2.75, 3.05) is 13.1 Å². The van der Waals surface area contributed by atoms with Gasteiger partial charge >= 0.3 is 0 Å². The second-order valence-corrected chi connectivity index (χ2v) is 3.91. The summed E-state index contributed by atoms with van der Waals surface area (Å²) in [5, 5.41) is 3.20. The quantitative estimate of drug-likeness (QED) is 0.628. The van der Waals surface area contributed by atoms with Crippen molar-refractivity contribution in [1.29, 1.82) is 0 Å². The number of hydrogen-bond donors (Lipinski definition) is 2. The highest BCUT2D eigenvalue weighted by Crippen LogP contribution is 2.26. The van der Waals surface area contributed by atoms with E-state index < -0.39 is 0 Å². The maximum Gasteiger partial charge on any atom is 0.222 e. The summed E-state index contributed by atoms with van der Waals surface area (Å²) in [6.07, 6.45) is 1.07. The van der Waals surface area contributed by atoms with Gasteiger partial charge in [0, 0.05) is 6.54 Å². The van der Waals surface area contributed by atoms with E-state index in [1.807, 2.05) is 0 Å². The van der Waals surface area contributed by atoms with E-state index in [1.54, 1.807) is 0 Å². The van der Waals surface area contributed by atoms with Crippen molar-refractivity contribution in [1.82, 2.24) is 5.32 Å². The lowest BCUT2D eigenvalue weighted by atomic mass is 9.78. The van der Waals surface area contributed by atoms with Crippen LogP contribution in [0.3, 0.4) is 0 Å². The van der Waals surface area contributed by atoms with E-state index in [-0.39, 0.29) is 11.8 Å². The van der Waals surface area contributed by atoms with Crippen molar-refractivity contribution < 1.29 is 4.79 Å². The Bertz CT molecular complexity index is 168. The molecule has 3 heteroatoms. The summed E-state index contributed by atoms with van der Waals surface area (Å²) in [5.74, 6) is 0.924. The molecule has 70 valence electrons. The van der Waals surface area contributed by atoms with Crippen LogP contribution in [0.25, 0.3) is 0 Å². The number of primary amides is 1. The first-order valence-corrected chi connectivity index (χ1v) is 4.63. The molecule has 0 bridgehead atoms. The van der Waals surface area contributed by atoms with Crippen molar-refractivity contribution >= 4 is 5.91 Å². The Hall–Kier alpha value is -0.570. The molecular weight excluding hydrogens is 152 g/mol. The van der Waals surface area contributed by atoms with Gasteiger partial charge in [0.1, 0.15) is 0 Å². The van der Waals surface area contributed by atoms with E-state index in [2.05, 4.69) is 19.2 Å². The standard InChI is InChI=1S/C9H18N2O/c1-6(2)7-3-4-11-5-8(7)9(10)12/h6-8,11H,3-5H2,1-2H3,(H2,10,12). The zero-order valence-electron chi connectivity index (χ0n) is 7.84.